The minimum absolute atomic E-state index is 0.146. The predicted molar refractivity (Wildman–Crippen MR) is 82.1 cm³/mol. The molecule has 2 aromatic rings. The zero-order valence-electron chi connectivity index (χ0n) is 11.8. The van der Waals surface area contributed by atoms with Crippen LogP contribution in [0.3, 0.4) is 0 Å². The SMILES string of the molecule is Cc1ccsc1C(=O)OCC(=O)c1ccc2c(c1)CCC2. The number of Topliss-reactive ketones (excluding diaryl/α,β-unsaturated/α-hetero) is 1. The number of aryl methyl sites for hydroxylation is 3. The Morgan fingerprint density at radius 3 is 2.76 bits per heavy atom. The van der Waals surface area contributed by atoms with E-state index in [-0.39, 0.29) is 12.4 Å². The lowest BCUT2D eigenvalue weighted by molar-refractivity contribution is 0.0479. The third kappa shape index (κ3) is 2.90. The van der Waals surface area contributed by atoms with Crippen molar-refractivity contribution in [3.05, 3.63) is 56.8 Å². The maximum atomic E-state index is 12.1. The van der Waals surface area contributed by atoms with Crippen molar-refractivity contribution in [2.45, 2.75) is 26.2 Å². The van der Waals surface area contributed by atoms with Gasteiger partial charge < -0.3 is 4.74 Å². The summed E-state index contributed by atoms with van der Waals surface area (Å²) in [5.41, 5.74) is 4.10. The minimum atomic E-state index is -0.419. The largest absolute Gasteiger partial charge is 0.453 e. The highest BCUT2D eigenvalue weighted by Gasteiger charge is 2.17. The second-order valence-electron chi connectivity index (χ2n) is 5.27. The summed E-state index contributed by atoms with van der Waals surface area (Å²) in [7, 11) is 0. The van der Waals surface area contributed by atoms with Gasteiger partial charge in [-0.25, -0.2) is 4.79 Å². The van der Waals surface area contributed by atoms with Gasteiger partial charge in [-0.3, -0.25) is 4.79 Å². The minimum Gasteiger partial charge on any atom is -0.453 e. The molecule has 0 bridgehead atoms. The lowest BCUT2D eigenvalue weighted by Crippen LogP contribution is -2.14. The summed E-state index contributed by atoms with van der Waals surface area (Å²) in [5, 5.41) is 1.84. The molecule has 0 aliphatic heterocycles. The van der Waals surface area contributed by atoms with E-state index >= 15 is 0 Å². The number of benzene rings is 1. The summed E-state index contributed by atoms with van der Waals surface area (Å²) in [6.07, 6.45) is 3.28. The molecule has 0 amide bonds. The highest BCUT2D eigenvalue weighted by molar-refractivity contribution is 7.12. The number of esters is 1. The van der Waals surface area contributed by atoms with Gasteiger partial charge in [0.25, 0.3) is 0 Å². The van der Waals surface area contributed by atoms with Crippen LogP contribution in [0.5, 0.6) is 0 Å². The maximum absolute atomic E-state index is 12.1. The van der Waals surface area contributed by atoms with Gasteiger partial charge in [0.05, 0.1) is 0 Å². The number of thiophene rings is 1. The Balaban J connectivity index is 1.64. The molecule has 1 aromatic heterocycles. The lowest BCUT2D eigenvalue weighted by Gasteiger charge is -2.06. The van der Waals surface area contributed by atoms with Crippen molar-refractivity contribution in [1.29, 1.82) is 0 Å². The van der Waals surface area contributed by atoms with E-state index in [9.17, 15) is 9.59 Å². The monoisotopic (exact) mass is 300 g/mol. The Labute approximate surface area is 127 Å². The smallest absolute Gasteiger partial charge is 0.349 e. The van der Waals surface area contributed by atoms with Crippen molar-refractivity contribution in [3.63, 3.8) is 0 Å². The number of ketones is 1. The van der Waals surface area contributed by atoms with E-state index in [2.05, 4.69) is 0 Å². The summed E-state index contributed by atoms with van der Waals surface area (Å²) in [4.78, 5) is 24.6. The highest BCUT2D eigenvalue weighted by Crippen LogP contribution is 2.23. The van der Waals surface area contributed by atoms with Gasteiger partial charge in [0.2, 0.25) is 0 Å². The zero-order valence-corrected chi connectivity index (χ0v) is 12.7. The van der Waals surface area contributed by atoms with Gasteiger partial charge in [0, 0.05) is 5.56 Å². The number of carbonyl (C=O) groups excluding carboxylic acids is 2. The molecular formula is C17H16O3S. The number of hydrogen-bond acceptors (Lipinski definition) is 4. The average molecular weight is 300 g/mol. The van der Waals surface area contributed by atoms with E-state index in [1.165, 1.54) is 22.5 Å². The molecule has 0 N–H and O–H groups in total. The molecule has 0 atom stereocenters. The molecule has 0 fully saturated rings. The van der Waals surface area contributed by atoms with Crippen molar-refractivity contribution < 1.29 is 14.3 Å². The number of fused-ring (bicyclic) bond motifs is 1. The molecule has 0 spiro atoms. The van der Waals surface area contributed by atoms with E-state index in [4.69, 9.17) is 4.74 Å². The van der Waals surface area contributed by atoms with Gasteiger partial charge in [-0.2, -0.15) is 0 Å². The Bertz CT molecular complexity index is 700. The lowest BCUT2D eigenvalue weighted by atomic mass is 10.0. The van der Waals surface area contributed by atoms with Gasteiger partial charge in [-0.05, 0) is 60.4 Å². The molecule has 3 rings (SSSR count). The third-order valence-electron chi connectivity index (χ3n) is 3.80. The molecule has 108 valence electrons. The van der Waals surface area contributed by atoms with Crippen LogP contribution in [0.1, 0.15) is 43.1 Å². The first-order chi connectivity index (χ1) is 10.1. The molecule has 0 saturated carbocycles. The van der Waals surface area contributed by atoms with Gasteiger partial charge in [0.1, 0.15) is 4.88 Å². The highest BCUT2D eigenvalue weighted by atomic mass is 32.1. The van der Waals surface area contributed by atoms with Crippen LogP contribution in [0.25, 0.3) is 0 Å². The third-order valence-corrected chi connectivity index (χ3v) is 4.80. The fourth-order valence-electron chi connectivity index (χ4n) is 2.61. The predicted octanol–water partition coefficient (Wildman–Crippen LogP) is 3.58. The second-order valence-corrected chi connectivity index (χ2v) is 6.19. The molecule has 21 heavy (non-hydrogen) atoms. The first kappa shape index (κ1) is 14.0. The van der Waals surface area contributed by atoms with Crippen LogP contribution >= 0.6 is 11.3 Å². The van der Waals surface area contributed by atoms with E-state index in [1.54, 1.807) is 0 Å². The van der Waals surface area contributed by atoms with E-state index in [0.29, 0.717) is 10.4 Å². The van der Waals surface area contributed by atoms with Crippen molar-refractivity contribution >= 4 is 23.1 Å². The molecule has 1 aromatic carbocycles. The Hall–Kier alpha value is -1.94. The molecular weight excluding hydrogens is 284 g/mol. The van der Waals surface area contributed by atoms with Crippen molar-refractivity contribution in [1.82, 2.24) is 0 Å². The Kier molecular flexibility index (Phi) is 3.88. The molecule has 0 unspecified atom stereocenters. The van der Waals surface area contributed by atoms with E-state index in [1.807, 2.05) is 36.6 Å². The van der Waals surface area contributed by atoms with Crippen molar-refractivity contribution in [3.8, 4) is 0 Å². The molecule has 1 aliphatic carbocycles. The van der Waals surface area contributed by atoms with Crippen molar-refractivity contribution in [2.75, 3.05) is 6.61 Å². The van der Waals surface area contributed by atoms with Crippen molar-refractivity contribution in [2.24, 2.45) is 0 Å². The normalized spacial score (nSPS) is 13.0. The van der Waals surface area contributed by atoms with E-state index < -0.39 is 5.97 Å². The van der Waals surface area contributed by atoms with Gasteiger partial charge in [0.15, 0.2) is 12.4 Å². The summed E-state index contributed by atoms with van der Waals surface area (Å²) >= 11 is 1.34. The fourth-order valence-corrected chi connectivity index (χ4v) is 3.42. The molecule has 0 saturated heterocycles. The zero-order chi connectivity index (χ0) is 14.8. The summed E-state index contributed by atoms with van der Waals surface area (Å²) < 4.78 is 5.12. The van der Waals surface area contributed by atoms with Crippen LogP contribution in [0.15, 0.2) is 29.6 Å². The van der Waals surface area contributed by atoms with E-state index in [0.717, 1.165) is 24.8 Å². The summed E-state index contributed by atoms with van der Waals surface area (Å²) in [6, 6.07) is 7.65. The molecule has 1 aliphatic rings. The first-order valence-corrected chi connectivity index (χ1v) is 7.89. The van der Waals surface area contributed by atoms with Crippen LogP contribution in [-0.2, 0) is 17.6 Å². The molecule has 3 nitrogen and oxygen atoms in total. The number of carbonyl (C=O) groups is 2. The average Bonchev–Trinajstić information content (AvgIpc) is 3.11. The van der Waals surface area contributed by atoms with Gasteiger partial charge in [-0.1, -0.05) is 12.1 Å². The fraction of sp³-hybridized carbons (Fsp3) is 0.294. The van der Waals surface area contributed by atoms with Gasteiger partial charge >= 0.3 is 5.97 Å². The number of ether oxygens (including phenoxy) is 1. The molecule has 1 heterocycles. The molecule has 4 heteroatoms. The standard InChI is InChI=1S/C17H16O3S/c1-11-7-8-21-16(11)17(19)20-10-15(18)14-6-5-12-3-2-4-13(12)9-14/h5-9H,2-4,10H2,1H3. The van der Waals surface area contributed by atoms with Gasteiger partial charge in [-0.15, -0.1) is 11.3 Å². The molecule has 0 radical (unpaired) electrons. The second kappa shape index (κ2) is 5.82. The van der Waals surface area contributed by atoms with Crippen LogP contribution in [-0.4, -0.2) is 18.4 Å². The Morgan fingerprint density at radius 1 is 1.19 bits per heavy atom. The van der Waals surface area contributed by atoms with Crippen LogP contribution in [0.4, 0.5) is 0 Å². The van der Waals surface area contributed by atoms with Crippen LogP contribution in [0.2, 0.25) is 0 Å². The quantitative estimate of drug-likeness (QED) is 0.640. The maximum Gasteiger partial charge on any atom is 0.349 e. The Morgan fingerprint density at radius 2 is 2.00 bits per heavy atom. The number of hydrogen-bond donors (Lipinski definition) is 0. The topological polar surface area (TPSA) is 43.4 Å². The first-order valence-electron chi connectivity index (χ1n) is 7.01. The van der Waals surface area contributed by atoms with Crippen LogP contribution in [0, 0.1) is 6.92 Å². The summed E-state index contributed by atoms with van der Waals surface area (Å²) in [6.45, 7) is 1.66. The summed E-state index contributed by atoms with van der Waals surface area (Å²) in [5.74, 6) is -0.565. The number of rotatable bonds is 4. The van der Waals surface area contributed by atoms with Crippen LogP contribution < -0.4 is 0 Å².